The van der Waals surface area contributed by atoms with E-state index in [1.165, 1.54) is 5.56 Å². The predicted molar refractivity (Wildman–Crippen MR) is 114 cm³/mol. The number of hydrogen-bond acceptors (Lipinski definition) is 8. The summed E-state index contributed by atoms with van der Waals surface area (Å²) in [6.45, 7) is 0.944. The molecule has 8 nitrogen and oxygen atoms in total. The summed E-state index contributed by atoms with van der Waals surface area (Å²) in [7, 11) is 0. The van der Waals surface area contributed by atoms with Gasteiger partial charge in [-0.3, -0.25) is 14.9 Å². The number of carbonyl (C=O) groups excluding carboxylic acids is 2. The number of nitrogens with one attached hydrogen (secondary N) is 1. The normalized spacial score (nSPS) is 20.1. The molecule has 1 fully saturated rings. The van der Waals surface area contributed by atoms with Crippen LogP contribution in [0.4, 0.5) is 4.79 Å². The molecule has 1 N–H and O–H groups in total. The summed E-state index contributed by atoms with van der Waals surface area (Å²) < 4.78 is 16.6. The fourth-order valence-electron chi connectivity index (χ4n) is 3.73. The summed E-state index contributed by atoms with van der Waals surface area (Å²) in [4.78, 5) is 28.4. The highest BCUT2D eigenvalue weighted by atomic mass is 32.2. The zero-order valence-corrected chi connectivity index (χ0v) is 17.4. The van der Waals surface area contributed by atoms with Crippen molar-refractivity contribution in [1.29, 1.82) is 0 Å². The van der Waals surface area contributed by atoms with Gasteiger partial charge < -0.3 is 19.0 Å². The van der Waals surface area contributed by atoms with Gasteiger partial charge in [0.15, 0.2) is 18.1 Å². The first-order valence-corrected chi connectivity index (χ1v) is 10.9. The molecule has 5 rings (SSSR count). The molecule has 1 unspecified atom stereocenters. The van der Waals surface area contributed by atoms with Crippen LogP contribution >= 0.6 is 11.8 Å². The maximum Gasteiger partial charge on any atom is 0.286 e. The van der Waals surface area contributed by atoms with E-state index in [2.05, 4.69) is 10.5 Å². The van der Waals surface area contributed by atoms with Gasteiger partial charge in [0.2, 0.25) is 12.7 Å². The minimum absolute atomic E-state index is 0.232. The SMILES string of the molecule is O=C1NC(=O)C(Cc2ccc(OCCO/N=C3\CCc4cc5c(cc43)OCO5)cc2)S1. The molecule has 2 aromatic carbocycles. The highest BCUT2D eigenvalue weighted by molar-refractivity contribution is 8.15. The summed E-state index contributed by atoms with van der Waals surface area (Å²) in [5.74, 6) is 2.01. The number of aryl methyl sites for hydroxylation is 1. The van der Waals surface area contributed by atoms with Crippen LogP contribution in [-0.4, -0.2) is 42.1 Å². The summed E-state index contributed by atoms with van der Waals surface area (Å²) >= 11 is 1.03. The second kappa shape index (κ2) is 8.50. The Labute approximate surface area is 182 Å². The van der Waals surface area contributed by atoms with Crippen molar-refractivity contribution in [3.05, 3.63) is 53.1 Å². The third-order valence-electron chi connectivity index (χ3n) is 5.27. The van der Waals surface area contributed by atoms with Gasteiger partial charge in [-0.15, -0.1) is 0 Å². The number of carbonyl (C=O) groups is 2. The van der Waals surface area contributed by atoms with Crippen LogP contribution in [0.3, 0.4) is 0 Å². The average Bonchev–Trinajstić information content (AvgIpc) is 3.46. The lowest BCUT2D eigenvalue weighted by atomic mass is 10.1. The molecule has 9 heteroatoms. The van der Waals surface area contributed by atoms with E-state index in [1.54, 1.807) is 0 Å². The maximum absolute atomic E-state index is 11.7. The molecule has 2 aromatic rings. The second-order valence-electron chi connectivity index (χ2n) is 7.31. The molecule has 0 bridgehead atoms. The van der Waals surface area contributed by atoms with Crippen LogP contribution in [0.15, 0.2) is 41.6 Å². The van der Waals surface area contributed by atoms with Crippen molar-refractivity contribution >= 4 is 28.6 Å². The number of imide groups is 1. The van der Waals surface area contributed by atoms with Gasteiger partial charge in [-0.2, -0.15) is 0 Å². The Morgan fingerprint density at radius 2 is 1.87 bits per heavy atom. The molecule has 31 heavy (non-hydrogen) atoms. The predicted octanol–water partition coefficient (Wildman–Crippen LogP) is 3.06. The highest BCUT2D eigenvalue weighted by Crippen LogP contribution is 2.38. The molecule has 2 aliphatic heterocycles. The number of thioether (sulfide) groups is 1. The lowest BCUT2D eigenvalue weighted by Crippen LogP contribution is -2.25. The smallest absolute Gasteiger partial charge is 0.286 e. The van der Waals surface area contributed by atoms with Crippen LogP contribution in [0, 0.1) is 0 Å². The molecule has 1 saturated heterocycles. The summed E-state index contributed by atoms with van der Waals surface area (Å²) in [5.41, 5.74) is 4.13. The zero-order valence-electron chi connectivity index (χ0n) is 16.6. The number of amides is 2. The van der Waals surface area contributed by atoms with Crippen molar-refractivity contribution in [2.75, 3.05) is 20.0 Å². The van der Waals surface area contributed by atoms with E-state index in [0.29, 0.717) is 25.4 Å². The van der Waals surface area contributed by atoms with E-state index >= 15 is 0 Å². The third-order valence-corrected chi connectivity index (χ3v) is 6.25. The van der Waals surface area contributed by atoms with Crippen LogP contribution in [0.2, 0.25) is 0 Å². The molecule has 1 aliphatic carbocycles. The van der Waals surface area contributed by atoms with E-state index in [-0.39, 0.29) is 23.2 Å². The van der Waals surface area contributed by atoms with Gasteiger partial charge in [-0.1, -0.05) is 29.1 Å². The zero-order chi connectivity index (χ0) is 21.2. The molecular formula is C22H20N2O6S. The molecule has 0 radical (unpaired) electrons. The summed E-state index contributed by atoms with van der Waals surface area (Å²) in [5, 5.41) is 5.92. The highest BCUT2D eigenvalue weighted by Gasteiger charge is 2.31. The number of rotatable bonds is 7. The number of oxime groups is 1. The Morgan fingerprint density at radius 3 is 2.65 bits per heavy atom. The second-order valence-corrected chi connectivity index (χ2v) is 8.49. The van der Waals surface area contributed by atoms with Crippen LogP contribution in [-0.2, 0) is 22.5 Å². The molecule has 1 atom stereocenters. The van der Waals surface area contributed by atoms with Crippen LogP contribution in [0.5, 0.6) is 17.2 Å². The van der Waals surface area contributed by atoms with E-state index in [1.807, 2.05) is 36.4 Å². The van der Waals surface area contributed by atoms with Crippen molar-refractivity contribution in [2.45, 2.75) is 24.5 Å². The van der Waals surface area contributed by atoms with Gasteiger partial charge in [0.05, 0.1) is 11.0 Å². The van der Waals surface area contributed by atoms with E-state index in [4.69, 9.17) is 19.0 Å². The monoisotopic (exact) mass is 440 g/mol. The standard InChI is InChI=1S/C22H20N2O6S/c25-21-20(31-22(26)23-21)9-13-1-4-15(5-2-13)27-7-8-30-24-17-6-3-14-10-18-19(11-16(14)17)29-12-28-18/h1-2,4-5,10-11,20H,3,6-9,12H2,(H,23,25,26)/b24-17+. The Kier molecular flexibility index (Phi) is 5.42. The van der Waals surface area contributed by atoms with Gasteiger partial charge in [0.25, 0.3) is 5.24 Å². The number of ether oxygens (including phenoxy) is 3. The van der Waals surface area contributed by atoms with E-state index in [0.717, 1.165) is 52.9 Å². The third kappa shape index (κ3) is 4.32. The fourth-order valence-corrected chi connectivity index (χ4v) is 4.59. The summed E-state index contributed by atoms with van der Waals surface area (Å²) in [6.07, 6.45) is 2.24. The fraction of sp³-hybridized carbons (Fsp3) is 0.318. The van der Waals surface area contributed by atoms with Gasteiger partial charge in [0, 0.05) is 5.56 Å². The molecular weight excluding hydrogens is 420 g/mol. The van der Waals surface area contributed by atoms with E-state index in [9.17, 15) is 9.59 Å². The molecule has 0 spiro atoms. The lowest BCUT2D eigenvalue weighted by Gasteiger charge is -2.08. The van der Waals surface area contributed by atoms with Crippen molar-refractivity contribution in [2.24, 2.45) is 5.16 Å². The van der Waals surface area contributed by atoms with Crippen LogP contribution in [0.1, 0.15) is 23.1 Å². The molecule has 2 heterocycles. The van der Waals surface area contributed by atoms with Crippen molar-refractivity contribution in [1.82, 2.24) is 5.32 Å². The average molecular weight is 440 g/mol. The van der Waals surface area contributed by atoms with Crippen molar-refractivity contribution in [3.8, 4) is 17.2 Å². The van der Waals surface area contributed by atoms with Crippen LogP contribution < -0.4 is 19.5 Å². The Morgan fingerprint density at radius 1 is 1.06 bits per heavy atom. The topological polar surface area (TPSA) is 95.5 Å². The van der Waals surface area contributed by atoms with Gasteiger partial charge in [-0.05, 0) is 54.7 Å². The first kappa shape index (κ1) is 19.7. The number of fused-ring (bicyclic) bond motifs is 2. The quantitative estimate of drug-likeness (QED) is 0.522. The summed E-state index contributed by atoms with van der Waals surface area (Å²) in [6, 6.07) is 11.5. The van der Waals surface area contributed by atoms with Gasteiger partial charge >= 0.3 is 0 Å². The minimum Gasteiger partial charge on any atom is -0.490 e. The molecule has 160 valence electrons. The van der Waals surface area contributed by atoms with Crippen molar-refractivity contribution < 1.29 is 28.6 Å². The first-order valence-electron chi connectivity index (χ1n) is 10.0. The lowest BCUT2D eigenvalue weighted by molar-refractivity contribution is -0.118. The maximum atomic E-state index is 11.7. The number of benzene rings is 2. The Bertz CT molecular complexity index is 1050. The van der Waals surface area contributed by atoms with E-state index < -0.39 is 0 Å². The van der Waals surface area contributed by atoms with Crippen LogP contribution in [0.25, 0.3) is 0 Å². The minimum atomic E-state index is -0.368. The Balaban J connectivity index is 1.09. The molecule has 0 saturated carbocycles. The van der Waals surface area contributed by atoms with Crippen molar-refractivity contribution in [3.63, 3.8) is 0 Å². The van der Waals surface area contributed by atoms with Gasteiger partial charge in [0.1, 0.15) is 12.4 Å². The number of hydrogen-bond donors (Lipinski definition) is 1. The molecule has 3 aliphatic rings. The largest absolute Gasteiger partial charge is 0.490 e. The van der Waals surface area contributed by atoms with Gasteiger partial charge in [-0.25, -0.2) is 0 Å². The number of nitrogens with zero attached hydrogens (tertiary/aromatic N) is 1. The molecule has 0 aromatic heterocycles. The first-order chi connectivity index (χ1) is 15.2. The molecule has 2 amide bonds. The Hall–Kier alpha value is -3.20.